The number of fused-ring (bicyclic) bond motifs is 1. The van der Waals surface area contributed by atoms with Crippen LogP contribution >= 0.6 is 0 Å². The zero-order valence-corrected chi connectivity index (χ0v) is 9.60. The number of aromatic carboxylic acids is 1. The summed E-state index contributed by atoms with van der Waals surface area (Å²) in [6.45, 7) is 0.819. The summed E-state index contributed by atoms with van der Waals surface area (Å²) in [7, 11) is 0. The Balaban J connectivity index is 2.03. The standard InChI is InChI=1S/C14H15NO2/c16-14(17)13-9-11-3-1-2-4-12(11)15(13)8-7-10-5-6-10/h1-4,9-10H,5-8H2,(H,16,17). The predicted molar refractivity (Wildman–Crippen MR) is 66.2 cm³/mol. The molecule has 3 heteroatoms. The van der Waals surface area contributed by atoms with E-state index in [2.05, 4.69) is 0 Å². The monoisotopic (exact) mass is 229 g/mol. The molecule has 3 nitrogen and oxygen atoms in total. The van der Waals surface area contributed by atoms with E-state index in [1.807, 2.05) is 28.8 Å². The first-order chi connectivity index (χ1) is 8.25. The van der Waals surface area contributed by atoms with Crippen LogP contribution in [0.4, 0.5) is 0 Å². The molecule has 0 spiro atoms. The highest BCUT2D eigenvalue weighted by Gasteiger charge is 2.22. The molecule has 0 radical (unpaired) electrons. The summed E-state index contributed by atoms with van der Waals surface area (Å²) in [6.07, 6.45) is 3.71. The zero-order valence-electron chi connectivity index (χ0n) is 9.60. The molecule has 0 atom stereocenters. The third-order valence-electron chi connectivity index (χ3n) is 3.49. The van der Waals surface area contributed by atoms with Gasteiger partial charge in [0.05, 0.1) is 0 Å². The molecule has 1 saturated carbocycles. The molecule has 1 heterocycles. The van der Waals surface area contributed by atoms with Gasteiger partial charge in [0.15, 0.2) is 0 Å². The van der Waals surface area contributed by atoms with Crippen molar-refractivity contribution >= 4 is 16.9 Å². The van der Waals surface area contributed by atoms with E-state index in [0.29, 0.717) is 5.69 Å². The van der Waals surface area contributed by atoms with Crippen LogP contribution in [0, 0.1) is 5.92 Å². The number of carbonyl (C=O) groups is 1. The van der Waals surface area contributed by atoms with Gasteiger partial charge in [0.2, 0.25) is 0 Å². The van der Waals surface area contributed by atoms with Gasteiger partial charge < -0.3 is 9.67 Å². The molecule has 1 aliphatic rings. The Bertz CT molecular complexity index is 567. The number of hydrogen-bond acceptors (Lipinski definition) is 1. The van der Waals surface area contributed by atoms with Gasteiger partial charge in [-0.25, -0.2) is 4.79 Å². The fraction of sp³-hybridized carbons (Fsp3) is 0.357. The number of carboxylic acid groups (broad SMARTS) is 1. The summed E-state index contributed by atoms with van der Waals surface area (Å²) in [5, 5.41) is 10.2. The Morgan fingerprint density at radius 1 is 1.35 bits per heavy atom. The minimum atomic E-state index is -0.836. The number of aromatic nitrogens is 1. The Kier molecular flexibility index (Phi) is 2.39. The number of aryl methyl sites for hydroxylation is 1. The summed E-state index contributed by atoms with van der Waals surface area (Å²) in [5.74, 6) is -0.0187. The molecule has 1 N–H and O–H groups in total. The van der Waals surface area contributed by atoms with Crippen molar-refractivity contribution in [2.45, 2.75) is 25.8 Å². The Morgan fingerprint density at radius 3 is 2.82 bits per heavy atom. The molecule has 17 heavy (non-hydrogen) atoms. The fourth-order valence-corrected chi connectivity index (χ4v) is 2.35. The average molecular weight is 229 g/mol. The quantitative estimate of drug-likeness (QED) is 0.875. The van der Waals surface area contributed by atoms with Gasteiger partial charge >= 0.3 is 5.97 Å². The Morgan fingerprint density at radius 2 is 2.12 bits per heavy atom. The number of nitrogens with zero attached hydrogens (tertiary/aromatic N) is 1. The van der Waals surface area contributed by atoms with Gasteiger partial charge in [-0.3, -0.25) is 0 Å². The molecule has 2 aromatic rings. The van der Waals surface area contributed by atoms with Crippen molar-refractivity contribution < 1.29 is 9.90 Å². The number of carboxylic acids is 1. The maximum atomic E-state index is 11.2. The Hall–Kier alpha value is -1.77. The number of rotatable bonds is 4. The second-order valence-corrected chi connectivity index (χ2v) is 4.78. The lowest BCUT2D eigenvalue weighted by Gasteiger charge is -2.07. The van der Waals surface area contributed by atoms with Crippen molar-refractivity contribution in [1.29, 1.82) is 0 Å². The summed E-state index contributed by atoms with van der Waals surface area (Å²) >= 11 is 0. The molecule has 0 amide bonds. The van der Waals surface area contributed by atoms with Crippen LogP contribution in [0.25, 0.3) is 10.9 Å². The lowest BCUT2D eigenvalue weighted by atomic mass is 10.2. The summed E-state index contributed by atoms with van der Waals surface area (Å²) in [6, 6.07) is 9.63. The average Bonchev–Trinajstić information content (AvgIpc) is 3.07. The zero-order chi connectivity index (χ0) is 11.8. The second-order valence-electron chi connectivity index (χ2n) is 4.78. The number of benzene rings is 1. The molecule has 1 fully saturated rings. The molecule has 88 valence electrons. The lowest BCUT2D eigenvalue weighted by Crippen LogP contribution is -2.08. The van der Waals surface area contributed by atoms with Crippen molar-refractivity contribution in [1.82, 2.24) is 4.57 Å². The minimum absolute atomic E-state index is 0.409. The van der Waals surface area contributed by atoms with E-state index in [0.717, 1.165) is 29.8 Å². The molecule has 0 saturated heterocycles. The van der Waals surface area contributed by atoms with Crippen LogP contribution in [0.15, 0.2) is 30.3 Å². The number of hydrogen-bond donors (Lipinski definition) is 1. The fourth-order valence-electron chi connectivity index (χ4n) is 2.35. The summed E-state index contributed by atoms with van der Waals surface area (Å²) in [5.41, 5.74) is 1.44. The second kappa shape index (κ2) is 3.91. The maximum absolute atomic E-state index is 11.2. The van der Waals surface area contributed by atoms with E-state index in [1.165, 1.54) is 12.8 Å². The van der Waals surface area contributed by atoms with Crippen molar-refractivity contribution in [3.8, 4) is 0 Å². The van der Waals surface area contributed by atoms with Crippen molar-refractivity contribution in [3.05, 3.63) is 36.0 Å². The van der Waals surface area contributed by atoms with Gasteiger partial charge in [-0.05, 0) is 24.5 Å². The van der Waals surface area contributed by atoms with E-state index in [4.69, 9.17) is 0 Å². The van der Waals surface area contributed by atoms with Crippen LogP contribution in [0.1, 0.15) is 29.8 Å². The van der Waals surface area contributed by atoms with E-state index in [9.17, 15) is 9.90 Å². The minimum Gasteiger partial charge on any atom is -0.477 e. The third-order valence-corrected chi connectivity index (χ3v) is 3.49. The highest BCUT2D eigenvalue weighted by atomic mass is 16.4. The van der Waals surface area contributed by atoms with Crippen LogP contribution in [0.2, 0.25) is 0 Å². The van der Waals surface area contributed by atoms with Gasteiger partial charge in [-0.2, -0.15) is 0 Å². The SMILES string of the molecule is O=C(O)c1cc2ccccc2n1CCC1CC1. The molecular formula is C14H15NO2. The molecular weight excluding hydrogens is 214 g/mol. The topological polar surface area (TPSA) is 42.2 Å². The van der Waals surface area contributed by atoms with Crippen molar-refractivity contribution in [2.24, 2.45) is 5.92 Å². The smallest absolute Gasteiger partial charge is 0.352 e. The maximum Gasteiger partial charge on any atom is 0.352 e. The largest absolute Gasteiger partial charge is 0.477 e. The number of para-hydroxylation sites is 1. The van der Waals surface area contributed by atoms with Gasteiger partial charge in [-0.15, -0.1) is 0 Å². The molecule has 0 bridgehead atoms. The predicted octanol–water partition coefficient (Wildman–Crippen LogP) is 3.14. The molecule has 1 aliphatic carbocycles. The molecule has 3 rings (SSSR count). The summed E-state index contributed by atoms with van der Waals surface area (Å²) < 4.78 is 1.94. The first-order valence-electron chi connectivity index (χ1n) is 6.07. The highest BCUT2D eigenvalue weighted by Crippen LogP contribution is 2.33. The van der Waals surface area contributed by atoms with Crippen LogP contribution < -0.4 is 0 Å². The van der Waals surface area contributed by atoms with Gasteiger partial charge in [0, 0.05) is 17.4 Å². The summed E-state index contributed by atoms with van der Waals surface area (Å²) in [4.78, 5) is 11.2. The van der Waals surface area contributed by atoms with E-state index < -0.39 is 5.97 Å². The molecule has 0 aliphatic heterocycles. The van der Waals surface area contributed by atoms with Gasteiger partial charge in [0.25, 0.3) is 0 Å². The third kappa shape index (κ3) is 1.93. The lowest BCUT2D eigenvalue weighted by molar-refractivity contribution is 0.0685. The van der Waals surface area contributed by atoms with Crippen LogP contribution in [0.5, 0.6) is 0 Å². The first-order valence-corrected chi connectivity index (χ1v) is 6.07. The van der Waals surface area contributed by atoms with Gasteiger partial charge in [0.1, 0.15) is 5.69 Å². The van der Waals surface area contributed by atoms with E-state index in [1.54, 1.807) is 6.07 Å². The van der Waals surface area contributed by atoms with Gasteiger partial charge in [-0.1, -0.05) is 31.0 Å². The molecule has 1 aromatic heterocycles. The van der Waals surface area contributed by atoms with Crippen molar-refractivity contribution in [2.75, 3.05) is 0 Å². The normalized spacial score (nSPS) is 15.3. The molecule has 0 unspecified atom stereocenters. The van der Waals surface area contributed by atoms with E-state index >= 15 is 0 Å². The molecule has 1 aromatic carbocycles. The first kappa shape index (κ1) is 10.4. The van der Waals surface area contributed by atoms with E-state index in [-0.39, 0.29) is 0 Å². The van der Waals surface area contributed by atoms with Crippen LogP contribution in [-0.4, -0.2) is 15.6 Å². The Labute approximate surface area is 99.7 Å². The highest BCUT2D eigenvalue weighted by molar-refractivity contribution is 5.94. The van der Waals surface area contributed by atoms with Crippen molar-refractivity contribution in [3.63, 3.8) is 0 Å². The van der Waals surface area contributed by atoms with Crippen LogP contribution in [0.3, 0.4) is 0 Å². The van der Waals surface area contributed by atoms with Crippen LogP contribution in [-0.2, 0) is 6.54 Å².